The van der Waals surface area contributed by atoms with Crippen LogP contribution in [-0.2, 0) is 19.0 Å². The highest BCUT2D eigenvalue weighted by Crippen LogP contribution is 2.47. The van der Waals surface area contributed by atoms with Crippen LogP contribution in [0.4, 0.5) is 0 Å². The van der Waals surface area contributed by atoms with Gasteiger partial charge in [0.25, 0.3) is 0 Å². The van der Waals surface area contributed by atoms with Crippen LogP contribution < -0.4 is 0 Å². The minimum atomic E-state index is -0.0347. The van der Waals surface area contributed by atoms with Crippen molar-refractivity contribution in [3.63, 3.8) is 0 Å². The van der Waals surface area contributed by atoms with Gasteiger partial charge >= 0.3 is 0 Å². The number of hydrogen-bond donors (Lipinski definition) is 0. The highest BCUT2D eigenvalue weighted by Gasteiger charge is 2.45. The van der Waals surface area contributed by atoms with E-state index in [4.69, 9.17) is 14.2 Å². The molecular weight excluding hydrogens is 268 g/mol. The Morgan fingerprint density at radius 2 is 1.76 bits per heavy atom. The van der Waals surface area contributed by atoms with Gasteiger partial charge in [-0.05, 0) is 31.1 Å². The number of hydrogen-bond acceptors (Lipinski definition) is 4. The highest BCUT2D eigenvalue weighted by atomic mass is 16.7. The fourth-order valence-electron chi connectivity index (χ4n) is 3.65. The van der Waals surface area contributed by atoms with Crippen molar-refractivity contribution in [1.82, 2.24) is 0 Å². The summed E-state index contributed by atoms with van der Waals surface area (Å²) in [6.07, 6.45) is 7.62. The summed E-state index contributed by atoms with van der Waals surface area (Å²) < 4.78 is 17.5. The van der Waals surface area contributed by atoms with E-state index in [9.17, 15) is 4.79 Å². The third kappa shape index (κ3) is 3.85. The van der Waals surface area contributed by atoms with Crippen LogP contribution in [0.1, 0.15) is 51.9 Å². The third-order valence-corrected chi connectivity index (χ3v) is 5.24. The molecule has 0 atom stereocenters. The zero-order valence-electron chi connectivity index (χ0n) is 13.1. The lowest BCUT2D eigenvalue weighted by atomic mass is 9.62. The summed E-state index contributed by atoms with van der Waals surface area (Å²) in [5.41, 5.74) is 0. The molecule has 21 heavy (non-hydrogen) atoms. The molecule has 0 bridgehead atoms. The maximum Gasteiger partial charge on any atom is 0.160 e. The molecule has 4 heteroatoms. The summed E-state index contributed by atoms with van der Waals surface area (Å²) in [6.45, 7) is 4.35. The van der Waals surface area contributed by atoms with E-state index in [1.807, 2.05) is 0 Å². The molecule has 1 heterocycles. The maximum absolute atomic E-state index is 11.0. The topological polar surface area (TPSA) is 44.8 Å². The van der Waals surface area contributed by atoms with E-state index in [2.05, 4.69) is 6.92 Å². The molecule has 0 aromatic heterocycles. The van der Waals surface area contributed by atoms with Crippen LogP contribution in [0.2, 0.25) is 0 Å². The number of carbonyl (C=O) groups is 1. The molecule has 3 aliphatic rings. The molecule has 0 N–H and O–H groups in total. The van der Waals surface area contributed by atoms with Crippen molar-refractivity contribution < 1.29 is 19.0 Å². The molecule has 2 aliphatic carbocycles. The lowest BCUT2D eigenvalue weighted by Crippen LogP contribution is -2.47. The molecule has 3 rings (SSSR count). The van der Waals surface area contributed by atoms with E-state index in [0.29, 0.717) is 30.8 Å². The molecule has 4 nitrogen and oxygen atoms in total. The predicted octanol–water partition coefficient (Wildman–Crippen LogP) is 2.94. The summed E-state index contributed by atoms with van der Waals surface area (Å²) in [6, 6.07) is 0. The Labute approximate surface area is 127 Å². The summed E-state index contributed by atoms with van der Waals surface area (Å²) in [7, 11) is 0. The molecule has 120 valence electrons. The largest absolute Gasteiger partial charge is 0.373 e. The number of ether oxygens (including phenoxy) is 3. The van der Waals surface area contributed by atoms with Gasteiger partial charge in [-0.1, -0.05) is 19.8 Å². The van der Waals surface area contributed by atoms with Gasteiger partial charge in [0.2, 0.25) is 0 Å². The first-order chi connectivity index (χ1) is 10.3. The minimum Gasteiger partial charge on any atom is -0.373 e. The summed E-state index contributed by atoms with van der Waals surface area (Å²) >= 11 is 0. The van der Waals surface area contributed by atoms with Gasteiger partial charge in [0.05, 0.1) is 13.2 Å². The molecule has 0 aromatic rings. The van der Waals surface area contributed by atoms with Crippen LogP contribution in [0.25, 0.3) is 0 Å². The number of unbranched alkanes of at least 4 members (excludes halogenated alkanes) is 2. The Kier molecular flexibility index (Phi) is 5.30. The van der Waals surface area contributed by atoms with Crippen molar-refractivity contribution in [2.24, 2.45) is 17.8 Å². The van der Waals surface area contributed by atoms with Crippen LogP contribution in [0.5, 0.6) is 0 Å². The first-order valence-electron chi connectivity index (χ1n) is 8.62. The second-order valence-corrected chi connectivity index (χ2v) is 6.93. The molecular formula is C17H28O4. The van der Waals surface area contributed by atoms with Gasteiger partial charge in [-0.2, -0.15) is 0 Å². The molecule has 0 spiro atoms. The Morgan fingerprint density at radius 3 is 2.38 bits per heavy atom. The average Bonchev–Trinajstić information content (AvgIpc) is 2.41. The maximum atomic E-state index is 11.0. The molecule has 0 amide bonds. The third-order valence-electron chi connectivity index (χ3n) is 5.24. The average molecular weight is 296 g/mol. The van der Waals surface area contributed by atoms with Crippen LogP contribution in [0.3, 0.4) is 0 Å². The Morgan fingerprint density at radius 1 is 1.05 bits per heavy atom. The first kappa shape index (κ1) is 15.4. The van der Waals surface area contributed by atoms with E-state index in [0.717, 1.165) is 31.8 Å². The Hall–Kier alpha value is -0.450. The fraction of sp³-hybridized carbons (Fsp3) is 0.941. The van der Waals surface area contributed by atoms with Crippen molar-refractivity contribution in [2.75, 3.05) is 19.8 Å². The number of ketones is 1. The smallest absolute Gasteiger partial charge is 0.160 e. The van der Waals surface area contributed by atoms with Crippen LogP contribution in [0, 0.1) is 17.8 Å². The van der Waals surface area contributed by atoms with Gasteiger partial charge < -0.3 is 14.2 Å². The van der Waals surface area contributed by atoms with E-state index in [1.165, 1.54) is 25.7 Å². The van der Waals surface area contributed by atoms with Crippen LogP contribution in [0.15, 0.2) is 0 Å². The van der Waals surface area contributed by atoms with Crippen LogP contribution in [-0.4, -0.2) is 38.0 Å². The molecule has 0 aromatic carbocycles. The van der Waals surface area contributed by atoms with Gasteiger partial charge in [0.15, 0.2) is 6.29 Å². The van der Waals surface area contributed by atoms with E-state index in [-0.39, 0.29) is 12.4 Å². The van der Waals surface area contributed by atoms with E-state index < -0.39 is 0 Å². The van der Waals surface area contributed by atoms with Gasteiger partial charge in [0, 0.05) is 25.4 Å². The number of Topliss-reactive ketones (excluding diaryl/α,β-unsaturated/α-hetero) is 1. The van der Waals surface area contributed by atoms with Gasteiger partial charge in [-0.25, -0.2) is 0 Å². The zero-order valence-corrected chi connectivity index (χ0v) is 13.1. The zero-order chi connectivity index (χ0) is 14.7. The van der Waals surface area contributed by atoms with Gasteiger partial charge in [0.1, 0.15) is 11.9 Å². The molecule has 0 unspecified atom stereocenters. The highest BCUT2D eigenvalue weighted by molar-refractivity contribution is 5.84. The summed E-state index contributed by atoms with van der Waals surface area (Å²) in [5, 5.41) is 0. The lowest BCUT2D eigenvalue weighted by Gasteiger charge is -2.47. The van der Waals surface area contributed by atoms with E-state index in [1.54, 1.807) is 0 Å². The predicted molar refractivity (Wildman–Crippen MR) is 78.9 cm³/mol. The second kappa shape index (κ2) is 7.21. The lowest BCUT2D eigenvalue weighted by molar-refractivity contribution is -0.261. The van der Waals surface area contributed by atoms with Crippen LogP contribution >= 0.6 is 0 Å². The van der Waals surface area contributed by atoms with Crippen molar-refractivity contribution in [2.45, 2.75) is 64.3 Å². The fourth-order valence-corrected chi connectivity index (χ4v) is 3.65. The van der Waals surface area contributed by atoms with E-state index >= 15 is 0 Å². The molecule has 1 aliphatic heterocycles. The second-order valence-electron chi connectivity index (χ2n) is 6.93. The van der Waals surface area contributed by atoms with Crippen molar-refractivity contribution in [1.29, 1.82) is 0 Å². The quantitative estimate of drug-likeness (QED) is 0.678. The first-order valence-corrected chi connectivity index (χ1v) is 8.62. The molecule has 2 saturated carbocycles. The number of rotatable bonds is 7. The minimum absolute atomic E-state index is 0.0347. The normalized spacial score (nSPS) is 37.1. The molecule has 1 saturated heterocycles. The number of carbonyl (C=O) groups excluding carboxylic acids is 1. The SMILES string of the molecule is CCCCCOC1COC(C2CC(C3CC(=O)C3)C2)OC1. The van der Waals surface area contributed by atoms with Crippen molar-refractivity contribution >= 4 is 5.78 Å². The Balaban J connectivity index is 1.27. The van der Waals surface area contributed by atoms with Crippen molar-refractivity contribution in [3.05, 3.63) is 0 Å². The summed E-state index contributed by atoms with van der Waals surface area (Å²) in [4.78, 5) is 11.0. The van der Waals surface area contributed by atoms with Crippen molar-refractivity contribution in [3.8, 4) is 0 Å². The molecule has 0 radical (unpaired) electrons. The summed E-state index contributed by atoms with van der Waals surface area (Å²) in [5.74, 6) is 2.37. The van der Waals surface area contributed by atoms with Gasteiger partial charge in [-0.3, -0.25) is 4.79 Å². The van der Waals surface area contributed by atoms with Gasteiger partial charge in [-0.15, -0.1) is 0 Å². The molecule has 3 fully saturated rings. The monoisotopic (exact) mass is 296 g/mol. The standard InChI is InChI=1S/C17H28O4/c1-2-3-4-5-19-16-10-20-17(21-11-16)14-6-12(7-14)13-8-15(18)9-13/h12-14,16-17H,2-11H2,1H3. The Bertz CT molecular complexity index is 335.